The molecule has 74 valence electrons. The van der Waals surface area contributed by atoms with Crippen LogP contribution >= 0.6 is 22.6 Å². The fourth-order valence-corrected chi connectivity index (χ4v) is 1.71. The quantitative estimate of drug-likeness (QED) is 0.284. The number of carbonyl (C=O) groups excluding carboxylic acids is 1. The number of carbonyl (C=O) groups is 1. The van der Waals surface area contributed by atoms with Crippen LogP contribution in [0.3, 0.4) is 0 Å². The van der Waals surface area contributed by atoms with E-state index < -0.39 is 4.92 Å². The SMILES string of the molecule is CC(=O)c1ccc(CI)c([N+](=O)[O-])c1. The lowest BCUT2D eigenvalue weighted by atomic mass is 10.1. The summed E-state index contributed by atoms with van der Waals surface area (Å²) in [5, 5.41) is 10.6. The Morgan fingerprint density at radius 1 is 1.57 bits per heavy atom. The Morgan fingerprint density at radius 2 is 2.21 bits per heavy atom. The molecule has 0 radical (unpaired) electrons. The van der Waals surface area contributed by atoms with E-state index in [-0.39, 0.29) is 11.5 Å². The topological polar surface area (TPSA) is 60.2 Å². The Bertz CT molecular complexity index is 390. The van der Waals surface area contributed by atoms with Crippen LogP contribution in [0.5, 0.6) is 0 Å². The molecular weight excluding hydrogens is 297 g/mol. The molecule has 0 atom stereocenters. The van der Waals surface area contributed by atoms with E-state index in [9.17, 15) is 14.9 Å². The number of hydrogen-bond donors (Lipinski definition) is 0. The first-order valence-corrected chi connectivity index (χ1v) is 5.43. The maximum atomic E-state index is 11.0. The first-order chi connectivity index (χ1) is 6.56. The van der Waals surface area contributed by atoms with Crippen molar-refractivity contribution in [3.8, 4) is 0 Å². The van der Waals surface area contributed by atoms with Crippen LogP contribution in [0.15, 0.2) is 18.2 Å². The number of halogens is 1. The predicted molar refractivity (Wildman–Crippen MR) is 60.8 cm³/mol. The molecule has 5 heteroatoms. The summed E-state index contributed by atoms with van der Waals surface area (Å²) >= 11 is 2.05. The highest BCUT2D eigenvalue weighted by molar-refractivity contribution is 14.1. The van der Waals surface area contributed by atoms with Gasteiger partial charge >= 0.3 is 0 Å². The Kier molecular flexibility index (Phi) is 3.56. The van der Waals surface area contributed by atoms with E-state index in [0.29, 0.717) is 15.6 Å². The van der Waals surface area contributed by atoms with Crippen molar-refractivity contribution in [1.29, 1.82) is 0 Å². The number of alkyl halides is 1. The molecule has 14 heavy (non-hydrogen) atoms. The molecule has 4 nitrogen and oxygen atoms in total. The van der Waals surface area contributed by atoms with E-state index in [1.807, 2.05) is 0 Å². The van der Waals surface area contributed by atoms with Gasteiger partial charge in [-0.15, -0.1) is 0 Å². The number of nitro benzene ring substituents is 1. The monoisotopic (exact) mass is 305 g/mol. The van der Waals surface area contributed by atoms with Crippen LogP contribution in [0, 0.1) is 10.1 Å². The summed E-state index contributed by atoms with van der Waals surface area (Å²) in [5.74, 6) is -0.159. The molecule has 1 aromatic carbocycles. The van der Waals surface area contributed by atoms with Gasteiger partial charge in [0.25, 0.3) is 5.69 Å². The van der Waals surface area contributed by atoms with Crippen molar-refractivity contribution in [3.05, 3.63) is 39.4 Å². The molecule has 1 rings (SSSR count). The Hall–Kier alpha value is -0.980. The van der Waals surface area contributed by atoms with Crippen molar-refractivity contribution in [2.45, 2.75) is 11.4 Å². The van der Waals surface area contributed by atoms with Gasteiger partial charge in [0.2, 0.25) is 0 Å². The highest BCUT2D eigenvalue weighted by Crippen LogP contribution is 2.22. The van der Waals surface area contributed by atoms with Gasteiger partial charge in [-0.1, -0.05) is 34.7 Å². The minimum Gasteiger partial charge on any atom is -0.295 e. The summed E-state index contributed by atoms with van der Waals surface area (Å²) < 4.78 is 0.562. The minimum atomic E-state index is -0.458. The highest BCUT2D eigenvalue weighted by atomic mass is 127. The molecule has 0 spiro atoms. The number of hydrogen-bond acceptors (Lipinski definition) is 3. The second-order valence-corrected chi connectivity index (χ2v) is 3.55. The molecule has 0 N–H and O–H groups in total. The number of rotatable bonds is 3. The van der Waals surface area contributed by atoms with Crippen molar-refractivity contribution >= 4 is 34.1 Å². The normalized spacial score (nSPS) is 9.86. The van der Waals surface area contributed by atoms with Crippen LogP contribution in [0.1, 0.15) is 22.8 Å². The van der Waals surface area contributed by atoms with Crippen molar-refractivity contribution in [2.24, 2.45) is 0 Å². The fourth-order valence-electron chi connectivity index (χ4n) is 1.07. The third-order valence-electron chi connectivity index (χ3n) is 1.83. The van der Waals surface area contributed by atoms with Crippen LogP contribution in [-0.2, 0) is 4.43 Å². The van der Waals surface area contributed by atoms with Gasteiger partial charge in [0.1, 0.15) is 0 Å². The predicted octanol–water partition coefficient (Wildman–Crippen LogP) is 2.73. The highest BCUT2D eigenvalue weighted by Gasteiger charge is 2.14. The van der Waals surface area contributed by atoms with Gasteiger partial charge in [-0.3, -0.25) is 14.9 Å². The van der Waals surface area contributed by atoms with Crippen LogP contribution in [0.25, 0.3) is 0 Å². The summed E-state index contributed by atoms with van der Waals surface area (Å²) in [6.45, 7) is 1.39. The molecule has 0 aromatic heterocycles. The van der Waals surface area contributed by atoms with E-state index in [0.717, 1.165) is 0 Å². The summed E-state index contributed by atoms with van der Waals surface area (Å²) in [6.07, 6.45) is 0. The van der Waals surface area contributed by atoms with Crippen molar-refractivity contribution in [2.75, 3.05) is 0 Å². The lowest BCUT2D eigenvalue weighted by Gasteiger charge is -2.00. The van der Waals surface area contributed by atoms with Crippen molar-refractivity contribution < 1.29 is 9.72 Å². The minimum absolute atomic E-state index is 0.0205. The summed E-state index contributed by atoms with van der Waals surface area (Å²) in [7, 11) is 0. The number of benzene rings is 1. The van der Waals surface area contributed by atoms with E-state index in [1.165, 1.54) is 13.0 Å². The van der Waals surface area contributed by atoms with Gasteiger partial charge in [0.05, 0.1) is 4.92 Å². The molecule has 0 heterocycles. The zero-order valence-corrected chi connectivity index (χ0v) is 9.65. The van der Waals surface area contributed by atoms with E-state index >= 15 is 0 Å². The van der Waals surface area contributed by atoms with Gasteiger partial charge in [0, 0.05) is 21.6 Å². The van der Waals surface area contributed by atoms with Crippen molar-refractivity contribution in [1.82, 2.24) is 0 Å². The molecule has 0 aliphatic carbocycles. The molecule has 1 aromatic rings. The van der Waals surface area contributed by atoms with Gasteiger partial charge in [-0.2, -0.15) is 0 Å². The average molecular weight is 305 g/mol. The van der Waals surface area contributed by atoms with Gasteiger partial charge < -0.3 is 0 Å². The van der Waals surface area contributed by atoms with Crippen LogP contribution < -0.4 is 0 Å². The maximum Gasteiger partial charge on any atom is 0.274 e. The number of nitrogens with zero attached hydrogens (tertiary/aromatic N) is 1. The number of nitro groups is 1. The molecule has 0 saturated heterocycles. The standard InChI is InChI=1S/C9H8INO3/c1-6(12)7-2-3-8(5-10)9(4-7)11(13)14/h2-4H,5H2,1H3. The first kappa shape index (κ1) is 11.1. The van der Waals surface area contributed by atoms with Gasteiger partial charge in [0.15, 0.2) is 5.78 Å². The zero-order valence-electron chi connectivity index (χ0n) is 7.49. The molecule has 0 unspecified atom stereocenters. The number of Topliss-reactive ketones (excluding diaryl/α,β-unsaturated/α-hetero) is 1. The van der Waals surface area contributed by atoms with Gasteiger partial charge in [-0.25, -0.2) is 0 Å². The van der Waals surface area contributed by atoms with Gasteiger partial charge in [-0.05, 0) is 6.92 Å². The van der Waals surface area contributed by atoms with Crippen LogP contribution in [0.2, 0.25) is 0 Å². The van der Waals surface area contributed by atoms with E-state index in [2.05, 4.69) is 22.6 Å². The largest absolute Gasteiger partial charge is 0.295 e. The second kappa shape index (κ2) is 4.50. The first-order valence-electron chi connectivity index (χ1n) is 3.90. The zero-order chi connectivity index (χ0) is 10.7. The Morgan fingerprint density at radius 3 is 2.64 bits per heavy atom. The van der Waals surface area contributed by atoms with Crippen LogP contribution in [-0.4, -0.2) is 10.7 Å². The smallest absolute Gasteiger partial charge is 0.274 e. The Balaban J connectivity index is 3.27. The second-order valence-electron chi connectivity index (χ2n) is 2.79. The molecule has 0 saturated carbocycles. The van der Waals surface area contributed by atoms with Crippen molar-refractivity contribution in [3.63, 3.8) is 0 Å². The maximum absolute atomic E-state index is 11.0. The lowest BCUT2D eigenvalue weighted by molar-refractivity contribution is -0.385. The molecule has 0 aliphatic rings. The third-order valence-corrected chi connectivity index (χ3v) is 2.65. The van der Waals surface area contributed by atoms with E-state index in [1.54, 1.807) is 12.1 Å². The average Bonchev–Trinajstić information content (AvgIpc) is 2.16. The summed E-state index contributed by atoms with van der Waals surface area (Å²) in [4.78, 5) is 21.2. The summed E-state index contributed by atoms with van der Waals surface area (Å²) in [6, 6.07) is 4.57. The number of ketones is 1. The molecule has 0 amide bonds. The molecular formula is C9H8INO3. The Labute approximate surface area is 94.6 Å². The van der Waals surface area contributed by atoms with Crippen LogP contribution in [0.4, 0.5) is 5.69 Å². The lowest BCUT2D eigenvalue weighted by Crippen LogP contribution is -1.98. The third kappa shape index (κ3) is 2.28. The molecule has 0 fully saturated rings. The van der Waals surface area contributed by atoms with E-state index in [4.69, 9.17) is 0 Å². The summed E-state index contributed by atoms with van der Waals surface area (Å²) in [5.41, 5.74) is 1.04. The molecule has 0 bridgehead atoms. The molecule has 0 aliphatic heterocycles. The fraction of sp³-hybridized carbons (Fsp3) is 0.222.